The first-order chi connectivity index (χ1) is 9.48. The Bertz CT molecular complexity index is 540. The van der Waals surface area contributed by atoms with Crippen LogP contribution in [-0.4, -0.2) is 17.9 Å². The van der Waals surface area contributed by atoms with Crippen molar-refractivity contribution in [2.24, 2.45) is 0 Å². The van der Waals surface area contributed by atoms with Gasteiger partial charge in [0.2, 0.25) is 0 Å². The molecule has 0 aromatic heterocycles. The Morgan fingerprint density at radius 1 is 1.14 bits per heavy atom. The zero-order valence-corrected chi connectivity index (χ0v) is 12.2. The highest BCUT2D eigenvalue weighted by Crippen LogP contribution is 2.28. The van der Waals surface area contributed by atoms with E-state index in [1.165, 1.54) is 31.2 Å². The lowest BCUT2D eigenvalue weighted by Gasteiger charge is -2.19. The van der Waals surface area contributed by atoms with Gasteiger partial charge in [-0.25, -0.2) is 4.79 Å². The number of carbonyl (C=O) groups excluding carboxylic acids is 1. The van der Waals surface area contributed by atoms with E-state index in [1.54, 1.807) is 26.8 Å². The van der Waals surface area contributed by atoms with Crippen LogP contribution >= 0.6 is 0 Å². The Labute approximate surface area is 121 Å². The average molecular weight is 302 g/mol. The molecule has 1 aromatic rings. The molecule has 6 heteroatoms. The molecular weight excluding hydrogens is 285 g/mol. The molecule has 0 saturated heterocycles. The number of ether oxygens (including phenoxy) is 2. The molecule has 0 amide bonds. The summed E-state index contributed by atoms with van der Waals surface area (Å²) in [4.78, 5) is 11.8. The van der Waals surface area contributed by atoms with Gasteiger partial charge < -0.3 is 9.47 Å². The molecule has 116 valence electrons. The number of para-hydroxylation sites is 1. The third-order valence-electron chi connectivity index (χ3n) is 2.24. The van der Waals surface area contributed by atoms with Gasteiger partial charge in [0.25, 0.3) is 0 Å². The van der Waals surface area contributed by atoms with Crippen LogP contribution in [0, 0.1) is 0 Å². The third kappa shape index (κ3) is 6.33. The molecule has 0 saturated carbocycles. The summed E-state index contributed by atoms with van der Waals surface area (Å²) >= 11 is 0. The summed E-state index contributed by atoms with van der Waals surface area (Å²) in [5.41, 5.74) is -0.338. The lowest BCUT2D eigenvalue weighted by molar-refractivity contribution is -0.274. The Morgan fingerprint density at radius 2 is 1.71 bits per heavy atom. The number of rotatable bonds is 3. The van der Waals surface area contributed by atoms with Crippen molar-refractivity contribution in [3.05, 3.63) is 35.4 Å². The Morgan fingerprint density at radius 3 is 2.24 bits per heavy atom. The highest BCUT2D eigenvalue weighted by Gasteiger charge is 2.31. The third-order valence-corrected chi connectivity index (χ3v) is 2.24. The summed E-state index contributed by atoms with van der Waals surface area (Å²) in [6.07, 6.45) is -3.49. The highest BCUT2D eigenvalue weighted by molar-refractivity contribution is 5.93. The topological polar surface area (TPSA) is 35.5 Å². The van der Waals surface area contributed by atoms with Crippen molar-refractivity contribution in [2.75, 3.05) is 0 Å². The van der Waals surface area contributed by atoms with Gasteiger partial charge in [-0.3, -0.25) is 0 Å². The second kappa shape index (κ2) is 6.20. The first-order valence-electron chi connectivity index (χ1n) is 6.24. The van der Waals surface area contributed by atoms with Crippen LogP contribution in [0.15, 0.2) is 29.8 Å². The summed E-state index contributed by atoms with van der Waals surface area (Å²) in [5, 5.41) is 0. The molecule has 0 aliphatic rings. The Kier molecular flexibility index (Phi) is 5.04. The molecule has 0 unspecified atom stereocenters. The maximum Gasteiger partial charge on any atom is 0.573 e. The van der Waals surface area contributed by atoms with Gasteiger partial charge in [-0.15, -0.1) is 13.2 Å². The van der Waals surface area contributed by atoms with Crippen LogP contribution < -0.4 is 4.74 Å². The molecule has 0 N–H and O–H groups in total. The van der Waals surface area contributed by atoms with Crippen molar-refractivity contribution in [1.82, 2.24) is 0 Å². The van der Waals surface area contributed by atoms with Gasteiger partial charge in [-0.1, -0.05) is 18.2 Å². The second-order valence-electron chi connectivity index (χ2n) is 5.41. The second-order valence-corrected chi connectivity index (χ2v) is 5.41. The number of esters is 1. The molecule has 3 nitrogen and oxygen atoms in total. The predicted octanol–water partition coefficient (Wildman–Crippen LogP) is 4.33. The molecule has 0 bridgehead atoms. The van der Waals surface area contributed by atoms with Crippen LogP contribution in [0.3, 0.4) is 0 Å². The van der Waals surface area contributed by atoms with Crippen molar-refractivity contribution in [1.29, 1.82) is 0 Å². The van der Waals surface area contributed by atoms with E-state index in [4.69, 9.17) is 4.74 Å². The first kappa shape index (κ1) is 17.1. The van der Waals surface area contributed by atoms with Crippen LogP contribution in [0.2, 0.25) is 0 Å². The lowest BCUT2D eigenvalue weighted by Crippen LogP contribution is -2.24. The van der Waals surface area contributed by atoms with Gasteiger partial charge in [0, 0.05) is 11.1 Å². The van der Waals surface area contributed by atoms with Crippen LogP contribution in [0.4, 0.5) is 13.2 Å². The van der Waals surface area contributed by atoms with E-state index in [0.717, 1.165) is 0 Å². The lowest BCUT2D eigenvalue weighted by atomic mass is 10.1. The van der Waals surface area contributed by atoms with Crippen LogP contribution in [0.25, 0.3) is 6.08 Å². The first-order valence-corrected chi connectivity index (χ1v) is 6.24. The Balaban J connectivity index is 3.01. The number of halogens is 3. The molecule has 0 aliphatic heterocycles. The average Bonchev–Trinajstić information content (AvgIpc) is 2.27. The van der Waals surface area contributed by atoms with E-state index < -0.39 is 17.9 Å². The standard InChI is InChI=1S/C15H17F3O3/c1-10(13(19)21-14(2,3)4)9-11-7-5-6-8-12(11)20-15(16,17)18/h5-9H,1-4H3. The van der Waals surface area contributed by atoms with Gasteiger partial charge >= 0.3 is 12.3 Å². The largest absolute Gasteiger partial charge is 0.573 e. The zero-order chi connectivity index (χ0) is 16.3. The van der Waals surface area contributed by atoms with E-state index in [1.807, 2.05) is 0 Å². The highest BCUT2D eigenvalue weighted by atomic mass is 19.4. The van der Waals surface area contributed by atoms with Gasteiger partial charge in [-0.2, -0.15) is 0 Å². The summed E-state index contributed by atoms with van der Waals surface area (Å²) in [6.45, 7) is 6.59. The molecule has 21 heavy (non-hydrogen) atoms. The molecule has 0 fully saturated rings. The van der Waals surface area contributed by atoms with E-state index in [-0.39, 0.29) is 16.9 Å². The van der Waals surface area contributed by atoms with Crippen molar-refractivity contribution in [3.63, 3.8) is 0 Å². The molecule has 0 spiro atoms. The fourth-order valence-corrected chi connectivity index (χ4v) is 1.47. The van der Waals surface area contributed by atoms with E-state index >= 15 is 0 Å². The summed E-state index contributed by atoms with van der Waals surface area (Å²) in [5.74, 6) is -0.961. The minimum Gasteiger partial charge on any atom is -0.457 e. The van der Waals surface area contributed by atoms with Crippen molar-refractivity contribution in [2.45, 2.75) is 39.7 Å². The van der Waals surface area contributed by atoms with Crippen molar-refractivity contribution in [3.8, 4) is 5.75 Å². The maximum atomic E-state index is 12.3. The number of carbonyl (C=O) groups is 1. The van der Waals surface area contributed by atoms with E-state index in [2.05, 4.69) is 4.74 Å². The van der Waals surface area contributed by atoms with E-state index in [0.29, 0.717) is 0 Å². The molecule has 0 radical (unpaired) electrons. The summed E-state index contributed by atoms with van der Waals surface area (Å²) in [6, 6.07) is 5.58. The number of benzene rings is 1. The van der Waals surface area contributed by atoms with Crippen LogP contribution in [0.1, 0.15) is 33.3 Å². The van der Waals surface area contributed by atoms with Crippen LogP contribution in [-0.2, 0) is 9.53 Å². The number of hydrogen-bond acceptors (Lipinski definition) is 3. The van der Waals surface area contributed by atoms with E-state index in [9.17, 15) is 18.0 Å². The molecular formula is C15H17F3O3. The fraction of sp³-hybridized carbons (Fsp3) is 0.400. The molecule has 1 rings (SSSR count). The number of alkyl halides is 3. The quantitative estimate of drug-likeness (QED) is 0.616. The van der Waals surface area contributed by atoms with Gasteiger partial charge in [-0.05, 0) is 39.8 Å². The van der Waals surface area contributed by atoms with Crippen LogP contribution in [0.5, 0.6) is 5.75 Å². The minimum absolute atomic E-state index is 0.151. The normalized spacial score (nSPS) is 13.0. The Hall–Kier alpha value is -1.98. The smallest absolute Gasteiger partial charge is 0.457 e. The van der Waals surface area contributed by atoms with Gasteiger partial charge in [0.1, 0.15) is 11.4 Å². The SMILES string of the molecule is CC(=Cc1ccccc1OC(F)(F)F)C(=O)OC(C)(C)C. The van der Waals surface area contributed by atoms with Crippen molar-refractivity contribution >= 4 is 12.0 Å². The monoisotopic (exact) mass is 302 g/mol. The maximum absolute atomic E-state index is 12.3. The minimum atomic E-state index is -4.79. The van der Waals surface area contributed by atoms with Gasteiger partial charge in [0.15, 0.2) is 0 Å². The van der Waals surface area contributed by atoms with Crippen molar-refractivity contribution < 1.29 is 27.4 Å². The van der Waals surface area contributed by atoms with Gasteiger partial charge in [0.05, 0.1) is 0 Å². The molecule has 0 aliphatic carbocycles. The molecule has 0 heterocycles. The zero-order valence-electron chi connectivity index (χ0n) is 12.2. The number of hydrogen-bond donors (Lipinski definition) is 0. The summed E-state index contributed by atoms with van der Waals surface area (Å²) in [7, 11) is 0. The molecule has 0 atom stereocenters. The molecule has 1 aromatic carbocycles. The fourth-order valence-electron chi connectivity index (χ4n) is 1.47. The summed E-state index contributed by atoms with van der Waals surface area (Å²) < 4.78 is 46.0. The predicted molar refractivity (Wildman–Crippen MR) is 72.6 cm³/mol.